The second-order valence-corrected chi connectivity index (χ2v) is 7.36. The van der Waals surface area contributed by atoms with Gasteiger partial charge in [-0.2, -0.15) is 0 Å². The van der Waals surface area contributed by atoms with E-state index in [4.69, 9.17) is 26.3 Å². The van der Waals surface area contributed by atoms with Crippen molar-refractivity contribution < 1.29 is 4.74 Å². The Bertz CT molecular complexity index is 1150. The van der Waals surface area contributed by atoms with Crippen LogP contribution in [0.25, 0.3) is 22.3 Å². The van der Waals surface area contributed by atoms with Gasteiger partial charge in [0.25, 0.3) is 0 Å². The average Bonchev–Trinajstić information content (AvgIpc) is 2.79. The number of hydrogen-bond acceptors (Lipinski definition) is 5. The van der Waals surface area contributed by atoms with Gasteiger partial charge in [0.05, 0.1) is 12.1 Å². The average molecular weight is 403 g/mol. The van der Waals surface area contributed by atoms with Crippen LogP contribution in [0.3, 0.4) is 0 Å². The molecule has 1 fully saturated rings. The van der Waals surface area contributed by atoms with E-state index in [0.717, 1.165) is 39.4 Å². The molecule has 5 nitrogen and oxygen atoms in total. The minimum absolute atomic E-state index is 0.101. The lowest BCUT2D eigenvalue weighted by Crippen LogP contribution is -2.39. The smallest absolute Gasteiger partial charge is 0.162 e. The molecule has 3 heterocycles. The van der Waals surface area contributed by atoms with Gasteiger partial charge in [-0.1, -0.05) is 41.9 Å². The minimum atomic E-state index is -0.101. The Kier molecular flexibility index (Phi) is 4.84. The van der Waals surface area contributed by atoms with Gasteiger partial charge in [-0.05, 0) is 30.3 Å². The first-order chi connectivity index (χ1) is 14.3. The second kappa shape index (κ2) is 7.78. The maximum absolute atomic E-state index is 6.42. The summed E-state index contributed by atoms with van der Waals surface area (Å²) in [5.74, 6) is 1.62. The van der Waals surface area contributed by atoms with Crippen molar-refractivity contribution >= 4 is 28.3 Å². The summed E-state index contributed by atoms with van der Waals surface area (Å²) in [7, 11) is 0. The lowest BCUT2D eigenvalue weighted by molar-refractivity contribution is 0.0397. The van der Waals surface area contributed by atoms with Gasteiger partial charge in [-0.3, -0.25) is 4.98 Å². The predicted octanol–water partition coefficient (Wildman–Crippen LogP) is 4.92. The first-order valence-electron chi connectivity index (χ1n) is 9.58. The molecule has 2 aromatic carbocycles. The quantitative estimate of drug-likeness (QED) is 0.486. The van der Waals surface area contributed by atoms with Crippen LogP contribution in [-0.4, -0.2) is 34.6 Å². The number of fused-ring (bicyclic) bond motifs is 1. The third-order valence-electron chi connectivity index (χ3n) is 5.14. The molecule has 0 N–H and O–H groups in total. The second-order valence-electron chi connectivity index (χ2n) is 6.95. The molecule has 0 radical (unpaired) electrons. The van der Waals surface area contributed by atoms with Gasteiger partial charge in [0, 0.05) is 47.0 Å². The summed E-state index contributed by atoms with van der Waals surface area (Å²) < 4.78 is 6.05. The van der Waals surface area contributed by atoms with Gasteiger partial charge < -0.3 is 9.64 Å². The molecule has 144 valence electrons. The molecule has 0 amide bonds. The third kappa shape index (κ3) is 3.55. The fourth-order valence-corrected chi connectivity index (χ4v) is 3.95. The molecule has 5 rings (SSSR count). The molecule has 1 aliphatic rings. The fraction of sp³-hybridized carbons (Fsp3) is 0.174. The van der Waals surface area contributed by atoms with Crippen LogP contribution in [0.1, 0.15) is 11.7 Å². The highest BCUT2D eigenvalue weighted by atomic mass is 35.5. The van der Waals surface area contributed by atoms with E-state index in [0.29, 0.717) is 19.0 Å². The Morgan fingerprint density at radius 3 is 2.59 bits per heavy atom. The minimum Gasteiger partial charge on any atom is -0.370 e. The molecule has 0 spiro atoms. The standard InChI is InChI=1S/C23H19ClN4O/c24-19-7-3-1-5-17(19)21-15-28(13-14-29-21)23-18-6-2-4-8-20(18)26-22(27-23)16-9-11-25-12-10-16/h1-12,21H,13-15H2. The summed E-state index contributed by atoms with van der Waals surface area (Å²) in [6, 6.07) is 19.8. The van der Waals surface area contributed by atoms with E-state index in [9.17, 15) is 0 Å². The maximum atomic E-state index is 6.42. The summed E-state index contributed by atoms with van der Waals surface area (Å²) in [6.07, 6.45) is 3.42. The van der Waals surface area contributed by atoms with Crippen LogP contribution in [0.2, 0.25) is 5.02 Å². The molecule has 0 saturated carbocycles. The highest BCUT2D eigenvalue weighted by Gasteiger charge is 2.26. The van der Waals surface area contributed by atoms with Crippen LogP contribution in [0, 0.1) is 0 Å². The summed E-state index contributed by atoms with van der Waals surface area (Å²) in [4.78, 5) is 16.1. The van der Waals surface area contributed by atoms with Crippen molar-refractivity contribution in [3.63, 3.8) is 0 Å². The van der Waals surface area contributed by atoms with Crippen molar-refractivity contribution in [1.29, 1.82) is 0 Å². The summed E-state index contributed by atoms with van der Waals surface area (Å²) in [5, 5.41) is 1.76. The Morgan fingerprint density at radius 2 is 1.72 bits per heavy atom. The van der Waals surface area contributed by atoms with Crippen molar-refractivity contribution in [2.75, 3.05) is 24.6 Å². The Hall–Kier alpha value is -3.02. The number of halogens is 1. The zero-order valence-corrected chi connectivity index (χ0v) is 16.5. The number of anilines is 1. The first kappa shape index (κ1) is 18.0. The van der Waals surface area contributed by atoms with Crippen LogP contribution in [0.4, 0.5) is 5.82 Å². The largest absolute Gasteiger partial charge is 0.370 e. The van der Waals surface area contributed by atoms with Gasteiger partial charge in [-0.15, -0.1) is 0 Å². The lowest BCUT2D eigenvalue weighted by atomic mass is 10.1. The van der Waals surface area contributed by atoms with Crippen molar-refractivity contribution in [1.82, 2.24) is 15.0 Å². The van der Waals surface area contributed by atoms with Crippen molar-refractivity contribution in [3.05, 3.63) is 83.6 Å². The molecule has 0 bridgehead atoms. The monoisotopic (exact) mass is 402 g/mol. The van der Waals surface area contributed by atoms with Gasteiger partial charge in [0.1, 0.15) is 11.9 Å². The third-order valence-corrected chi connectivity index (χ3v) is 5.48. The molecule has 1 atom stereocenters. The molecule has 1 saturated heterocycles. The number of hydrogen-bond donors (Lipinski definition) is 0. The Labute approximate surface area is 174 Å². The van der Waals surface area contributed by atoms with E-state index in [-0.39, 0.29) is 6.10 Å². The number of benzene rings is 2. The fourth-order valence-electron chi connectivity index (χ4n) is 3.70. The topological polar surface area (TPSA) is 51.1 Å². The Balaban J connectivity index is 1.58. The van der Waals surface area contributed by atoms with Gasteiger partial charge in [-0.25, -0.2) is 9.97 Å². The zero-order chi connectivity index (χ0) is 19.6. The normalized spacial score (nSPS) is 16.9. The molecule has 2 aromatic heterocycles. The molecule has 4 aromatic rings. The number of pyridine rings is 1. The van der Waals surface area contributed by atoms with Gasteiger partial charge in [0.2, 0.25) is 0 Å². The van der Waals surface area contributed by atoms with Gasteiger partial charge in [0.15, 0.2) is 5.82 Å². The highest BCUT2D eigenvalue weighted by molar-refractivity contribution is 6.31. The van der Waals surface area contributed by atoms with Crippen molar-refractivity contribution in [2.24, 2.45) is 0 Å². The number of rotatable bonds is 3. The molecule has 0 aliphatic carbocycles. The van der Waals surface area contributed by atoms with Crippen molar-refractivity contribution in [3.8, 4) is 11.4 Å². The highest BCUT2D eigenvalue weighted by Crippen LogP contribution is 2.33. The van der Waals surface area contributed by atoms with Crippen LogP contribution in [0.15, 0.2) is 73.1 Å². The van der Waals surface area contributed by atoms with Crippen LogP contribution in [-0.2, 0) is 4.74 Å². The van der Waals surface area contributed by atoms with E-state index < -0.39 is 0 Å². The van der Waals surface area contributed by atoms with E-state index >= 15 is 0 Å². The van der Waals surface area contributed by atoms with Crippen LogP contribution < -0.4 is 4.90 Å². The van der Waals surface area contributed by atoms with E-state index in [1.807, 2.05) is 54.6 Å². The van der Waals surface area contributed by atoms with E-state index in [1.54, 1.807) is 12.4 Å². The van der Waals surface area contributed by atoms with Crippen molar-refractivity contribution in [2.45, 2.75) is 6.10 Å². The maximum Gasteiger partial charge on any atom is 0.162 e. The summed E-state index contributed by atoms with van der Waals surface area (Å²) in [6.45, 7) is 2.05. The Morgan fingerprint density at radius 1 is 0.931 bits per heavy atom. The molecule has 29 heavy (non-hydrogen) atoms. The molecule has 6 heteroatoms. The lowest BCUT2D eigenvalue weighted by Gasteiger charge is -2.35. The van der Waals surface area contributed by atoms with E-state index in [1.165, 1.54) is 0 Å². The molecular formula is C23H19ClN4O. The molecular weight excluding hydrogens is 384 g/mol. The number of nitrogens with zero attached hydrogens (tertiary/aromatic N) is 4. The SMILES string of the molecule is Clc1ccccc1C1CN(c2nc(-c3ccncc3)nc3ccccc23)CCO1. The number of morpholine rings is 1. The predicted molar refractivity (Wildman–Crippen MR) is 115 cm³/mol. The van der Waals surface area contributed by atoms with Crippen LogP contribution in [0.5, 0.6) is 0 Å². The zero-order valence-electron chi connectivity index (χ0n) is 15.7. The van der Waals surface area contributed by atoms with Crippen LogP contribution >= 0.6 is 11.6 Å². The summed E-state index contributed by atoms with van der Waals surface area (Å²) >= 11 is 6.42. The first-order valence-corrected chi connectivity index (χ1v) is 9.95. The van der Waals surface area contributed by atoms with E-state index in [2.05, 4.69) is 16.0 Å². The molecule has 1 aliphatic heterocycles. The molecule has 1 unspecified atom stereocenters. The summed E-state index contributed by atoms with van der Waals surface area (Å²) in [5.41, 5.74) is 2.87. The number of ether oxygens (including phenoxy) is 1. The number of para-hydroxylation sites is 1. The number of aromatic nitrogens is 3. The van der Waals surface area contributed by atoms with Gasteiger partial charge >= 0.3 is 0 Å².